The predicted octanol–water partition coefficient (Wildman–Crippen LogP) is 4.28. The number of carbonyl (C=O) groups excluding carboxylic acids is 1. The molecule has 4 nitrogen and oxygen atoms in total. The molecular weight excluding hydrogens is 326 g/mol. The molecule has 1 aromatic heterocycles. The summed E-state index contributed by atoms with van der Waals surface area (Å²) < 4.78 is 5.32. The largest absolute Gasteiger partial charge is 0.423 e. The molecular formula is C22H29NO3. The molecule has 3 rings (SSSR count). The van der Waals surface area contributed by atoms with Crippen LogP contribution in [0.1, 0.15) is 56.7 Å². The highest BCUT2D eigenvalue weighted by molar-refractivity contribution is 5.88. The van der Waals surface area contributed by atoms with Crippen LogP contribution in [-0.2, 0) is 11.2 Å². The second-order valence-electron chi connectivity index (χ2n) is 8.88. The van der Waals surface area contributed by atoms with Gasteiger partial charge in [0, 0.05) is 17.5 Å². The molecule has 1 fully saturated rings. The lowest BCUT2D eigenvalue weighted by Crippen LogP contribution is -2.43. The minimum atomic E-state index is -0.407. The Kier molecular flexibility index (Phi) is 4.96. The topological polar surface area (TPSA) is 59.3 Å². The van der Waals surface area contributed by atoms with Gasteiger partial charge in [-0.25, -0.2) is 4.79 Å². The van der Waals surface area contributed by atoms with E-state index in [1.807, 2.05) is 26.0 Å². The first-order chi connectivity index (χ1) is 12.1. The van der Waals surface area contributed by atoms with Crippen molar-refractivity contribution >= 4 is 16.9 Å². The van der Waals surface area contributed by atoms with Crippen LogP contribution in [-0.4, -0.2) is 11.9 Å². The van der Waals surface area contributed by atoms with E-state index in [2.05, 4.69) is 26.1 Å². The van der Waals surface area contributed by atoms with Crippen molar-refractivity contribution in [1.82, 2.24) is 5.32 Å². The summed E-state index contributed by atoms with van der Waals surface area (Å²) in [4.78, 5) is 24.6. The van der Waals surface area contributed by atoms with Crippen LogP contribution < -0.4 is 10.9 Å². The second kappa shape index (κ2) is 6.90. The smallest absolute Gasteiger partial charge is 0.336 e. The Hall–Kier alpha value is -2.10. The Labute approximate surface area is 155 Å². The third-order valence-electron chi connectivity index (χ3n) is 5.55. The first kappa shape index (κ1) is 18.7. The zero-order valence-corrected chi connectivity index (χ0v) is 16.4. The van der Waals surface area contributed by atoms with E-state index in [9.17, 15) is 9.59 Å². The average Bonchev–Trinajstić information content (AvgIpc) is 2.46. The van der Waals surface area contributed by atoms with Crippen LogP contribution in [0.15, 0.2) is 27.4 Å². The molecule has 1 saturated carbocycles. The molecule has 0 unspecified atom stereocenters. The number of aryl methyl sites for hydroxylation is 2. The van der Waals surface area contributed by atoms with Crippen LogP contribution in [0.4, 0.5) is 0 Å². The molecule has 0 aliphatic heterocycles. The fraction of sp³-hybridized carbons (Fsp3) is 0.545. The van der Waals surface area contributed by atoms with Crippen LogP contribution in [0, 0.1) is 25.2 Å². The summed E-state index contributed by atoms with van der Waals surface area (Å²) in [7, 11) is 0. The third kappa shape index (κ3) is 4.17. The lowest BCUT2D eigenvalue weighted by atomic mass is 9.70. The highest BCUT2D eigenvalue weighted by Crippen LogP contribution is 2.38. The van der Waals surface area contributed by atoms with Gasteiger partial charge in [0.1, 0.15) is 5.58 Å². The zero-order chi connectivity index (χ0) is 19.1. The number of benzene rings is 1. The monoisotopic (exact) mass is 355 g/mol. The molecule has 1 amide bonds. The maximum Gasteiger partial charge on any atom is 0.336 e. The summed E-state index contributed by atoms with van der Waals surface area (Å²) in [6, 6.07) is 5.53. The van der Waals surface area contributed by atoms with Crippen LogP contribution in [0.5, 0.6) is 0 Å². The molecule has 26 heavy (non-hydrogen) atoms. The van der Waals surface area contributed by atoms with Gasteiger partial charge in [0.2, 0.25) is 5.91 Å². The highest BCUT2D eigenvalue weighted by atomic mass is 16.4. The highest BCUT2D eigenvalue weighted by Gasteiger charge is 2.32. The fourth-order valence-electron chi connectivity index (χ4n) is 4.54. The van der Waals surface area contributed by atoms with E-state index in [1.54, 1.807) is 0 Å². The van der Waals surface area contributed by atoms with Crippen LogP contribution in [0.3, 0.4) is 0 Å². The molecule has 2 atom stereocenters. The first-order valence-electron chi connectivity index (χ1n) is 9.46. The Morgan fingerprint density at radius 3 is 2.58 bits per heavy atom. The van der Waals surface area contributed by atoms with Crippen molar-refractivity contribution in [2.45, 2.75) is 66.3 Å². The molecule has 1 aliphatic carbocycles. The van der Waals surface area contributed by atoms with E-state index in [1.165, 1.54) is 12.5 Å². The minimum Gasteiger partial charge on any atom is -0.423 e. The van der Waals surface area contributed by atoms with Crippen molar-refractivity contribution in [3.63, 3.8) is 0 Å². The summed E-state index contributed by atoms with van der Waals surface area (Å²) in [5, 5.41) is 4.04. The number of nitrogens with one attached hydrogen (secondary N) is 1. The Morgan fingerprint density at radius 2 is 1.88 bits per heavy atom. The van der Waals surface area contributed by atoms with Crippen molar-refractivity contribution < 1.29 is 9.21 Å². The van der Waals surface area contributed by atoms with E-state index >= 15 is 0 Å². The summed E-state index contributed by atoms with van der Waals surface area (Å²) in [6.07, 6.45) is 3.42. The molecule has 1 N–H and O–H groups in total. The van der Waals surface area contributed by atoms with Gasteiger partial charge in [-0.1, -0.05) is 20.8 Å². The van der Waals surface area contributed by atoms with Gasteiger partial charge in [-0.15, -0.1) is 0 Å². The van der Waals surface area contributed by atoms with Gasteiger partial charge in [0.05, 0.1) is 6.42 Å². The lowest BCUT2D eigenvalue weighted by molar-refractivity contribution is -0.121. The number of amides is 1. The van der Waals surface area contributed by atoms with Gasteiger partial charge in [0.15, 0.2) is 0 Å². The fourth-order valence-corrected chi connectivity index (χ4v) is 4.54. The molecule has 1 heterocycles. The molecule has 140 valence electrons. The maximum atomic E-state index is 12.7. The normalized spacial score (nSPS) is 22.3. The summed E-state index contributed by atoms with van der Waals surface area (Å²) in [5.74, 6) is 0.587. The molecule has 4 heteroatoms. The van der Waals surface area contributed by atoms with E-state index in [4.69, 9.17) is 4.42 Å². The van der Waals surface area contributed by atoms with Gasteiger partial charge in [-0.3, -0.25) is 4.79 Å². The Balaban J connectivity index is 1.81. The lowest BCUT2D eigenvalue weighted by Gasteiger charge is -2.39. The van der Waals surface area contributed by atoms with Crippen molar-refractivity contribution in [1.29, 1.82) is 0 Å². The Morgan fingerprint density at radius 1 is 1.19 bits per heavy atom. The molecule has 2 aromatic rings. The number of hydrogen-bond donors (Lipinski definition) is 1. The predicted molar refractivity (Wildman–Crippen MR) is 104 cm³/mol. The number of fused-ring (bicyclic) bond motifs is 1. The summed E-state index contributed by atoms with van der Waals surface area (Å²) in [6.45, 7) is 10.8. The van der Waals surface area contributed by atoms with Crippen molar-refractivity contribution in [3.8, 4) is 0 Å². The summed E-state index contributed by atoms with van der Waals surface area (Å²) in [5.41, 5.74) is 3.33. The van der Waals surface area contributed by atoms with Crippen LogP contribution in [0.2, 0.25) is 0 Å². The van der Waals surface area contributed by atoms with Gasteiger partial charge in [-0.05, 0) is 73.3 Å². The third-order valence-corrected chi connectivity index (χ3v) is 5.55. The molecule has 0 saturated heterocycles. The molecule has 0 spiro atoms. The van der Waals surface area contributed by atoms with Gasteiger partial charge < -0.3 is 9.73 Å². The number of hydrogen-bond acceptors (Lipinski definition) is 3. The van der Waals surface area contributed by atoms with Crippen molar-refractivity contribution in [3.05, 3.63) is 45.3 Å². The van der Waals surface area contributed by atoms with Crippen molar-refractivity contribution in [2.24, 2.45) is 11.3 Å². The second-order valence-corrected chi connectivity index (χ2v) is 8.88. The molecule has 1 aromatic carbocycles. The Bertz CT molecular complexity index is 894. The van der Waals surface area contributed by atoms with E-state index in [-0.39, 0.29) is 23.8 Å². The molecule has 0 radical (unpaired) electrons. The average molecular weight is 355 g/mol. The maximum absolute atomic E-state index is 12.7. The quantitative estimate of drug-likeness (QED) is 0.836. The minimum absolute atomic E-state index is 0.0231. The number of carbonyl (C=O) groups is 1. The SMILES string of the molecule is Cc1cc2oc(=O)cc(CC(=O)N[C@@H]3C[C@@H](C)CC(C)(C)C3)c2cc1C. The summed E-state index contributed by atoms with van der Waals surface area (Å²) >= 11 is 0. The van der Waals surface area contributed by atoms with Crippen LogP contribution >= 0.6 is 0 Å². The van der Waals surface area contributed by atoms with Gasteiger partial charge >= 0.3 is 5.63 Å². The van der Waals surface area contributed by atoms with E-state index < -0.39 is 5.63 Å². The van der Waals surface area contributed by atoms with Crippen LogP contribution in [0.25, 0.3) is 11.0 Å². The van der Waals surface area contributed by atoms with E-state index in [0.29, 0.717) is 11.5 Å². The van der Waals surface area contributed by atoms with Crippen molar-refractivity contribution in [2.75, 3.05) is 0 Å². The van der Waals surface area contributed by atoms with Gasteiger partial charge in [0.25, 0.3) is 0 Å². The molecule has 1 aliphatic rings. The van der Waals surface area contributed by atoms with Gasteiger partial charge in [-0.2, -0.15) is 0 Å². The standard InChI is InChI=1S/C22H29NO3/c1-13-6-17(12-22(4,5)11-13)23-20(24)9-16-10-21(25)26-19-8-15(3)14(2)7-18(16)19/h7-8,10,13,17H,6,9,11-12H2,1-5H3,(H,23,24)/t13-,17-/m1/s1. The van der Waals surface area contributed by atoms with E-state index in [0.717, 1.165) is 34.9 Å². The zero-order valence-electron chi connectivity index (χ0n) is 16.4. The first-order valence-corrected chi connectivity index (χ1v) is 9.46. The number of rotatable bonds is 3. The molecule has 0 bridgehead atoms.